The minimum atomic E-state index is 0.525. The third-order valence-electron chi connectivity index (χ3n) is 2.38. The molecule has 0 rings (SSSR count). The van der Waals surface area contributed by atoms with E-state index in [2.05, 4.69) is 42.9 Å². The normalized spacial score (nSPS) is 11.1. The molecule has 0 saturated carbocycles. The Morgan fingerprint density at radius 2 is 1.25 bits per heavy atom. The van der Waals surface area contributed by atoms with Gasteiger partial charge in [-0.3, -0.25) is 0 Å². The first kappa shape index (κ1) is 15.6. The van der Waals surface area contributed by atoms with Crippen LogP contribution in [0.4, 0.5) is 0 Å². The Morgan fingerprint density at radius 3 is 1.50 bits per heavy atom. The van der Waals surface area contributed by atoms with E-state index in [0.717, 1.165) is 39.0 Å². The van der Waals surface area contributed by atoms with E-state index in [1.54, 1.807) is 0 Å². The summed E-state index contributed by atoms with van der Waals surface area (Å²) < 4.78 is 0. The van der Waals surface area contributed by atoms with Crippen LogP contribution in [0.5, 0.6) is 0 Å². The van der Waals surface area contributed by atoms with Gasteiger partial charge in [0.15, 0.2) is 5.11 Å². The topological polar surface area (TPSA) is 35.7 Å². The van der Waals surface area contributed by atoms with Crippen LogP contribution in [0.1, 0.15) is 12.8 Å². The molecule has 0 heterocycles. The molecule has 2 N–H and O–H groups in total. The van der Waals surface area contributed by atoms with Gasteiger partial charge in [0.1, 0.15) is 0 Å². The van der Waals surface area contributed by atoms with Gasteiger partial charge in [0.2, 0.25) is 0 Å². The summed E-state index contributed by atoms with van der Waals surface area (Å²) in [5.41, 5.74) is 5.70. The summed E-state index contributed by atoms with van der Waals surface area (Å²) in [6, 6.07) is 0. The lowest BCUT2D eigenvalue weighted by Gasteiger charge is -2.24. The number of thiocarbonyl (C=S) groups is 1. The van der Waals surface area contributed by atoms with E-state index in [4.69, 9.17) is 18.0 Å². The van der Waals surface area contributed by atoms with Crippen LogP contribution in [0.3, 0.4) is 0 Å². The Morgan fingerprint density at radius 1 is 0.875 bits per heavy atom. The number of nitrogens with zero attached hydrogens (tertiary/aromatic N) is 3. The second-order valence-corrected chi connectivity index (χ2v) is 5.06. The molecule has 0 radical (unpaired) electrons. The number of rotatable bonds is 8. The van der Waals surface area contributed by atoms with Gasteiger partial charge >= 0.3 is 0 Å². The summed E-state index contributed by atoms with van der Waals surface area (Å²) in [6.07, 6.45) is 2.21. The summed E-state index contributed by atoms with van der Waals surface area (Å²) in [5, 5.41) is 0.525. The Kier molecular flexibility index (Phi) is 8.51. The van der Waals surface area contributed by atoms with Crippen molar-refractivity contribution in [3.8, 4) is 0 Å². The monoisotopic (exact) mass is 246 g/mol. The molecule has 0 bridgehead atoms. The highest BCUT2D eigenvalue weighted by Gasteiger charge is 2.06. The van der Waals surface area contributed by atoms with Crippen LogP contribution in [0, 0.1) is 0 Å². The summed E-state index contributed by atoms with van der Waals surface area (Å²) in [4.78, 5) is 6.46. The lowest BCUT2D eigenvalue weighted by atomic mass is 10.3. The first-order valence-corrected chi connectivity index (χ1v) is 6.18. The highest BCUT2D eigenvalue weighted by atomic mass is 32.1. The van der Waals surface area contributed by atoms with Crippen molar-refractivity contribution in [2.75, 3.05) is 54.4 Å². The smallest absolute Gasteiger partial charge is 0.166 e. The molecule has 0 aliphatic heterocycles. The Labute approximate surface area is 105 Å². The Balaban J connectivity index is 3.76. The molecular weight excluding hydrogens is 220 g/mol. The lowest BCUT2D eigenvalue weighted by Crippen LogP contribution is -2.38. The molecule has 0 aromatic rings. The van der Waals surface area contributed by atoms with Gasteiger partial charge in [0.25, 0.3) is 0 Å². The quantitative estimate of drug-likeness (QED) is 0.629. The average Bonchev–Trinajstić information content (AvgIpc) is 2.14. The Hall–Kier alpha value is -0.390. The highest BCUT2D eigenvalue weighted by Crippen LogP contribution is 1.96. The van der Waals surface area contributed by atoms with Crippen molar-refractivity contribution in [2.45, 2.75) is 12.8 Å². The van der Waals surface area contributed by atoms with Gasteiger partial charge < -0.3 is 20.4 Å². The van der Waals surface area contributed by atoms with E-state index in [1.807, 2.05) is 0 Å². The fourth-order valence-electron chi connectivity index (χ4n) is 1.49. The van der Waals surface area contributed by atoms with Crippen molar-refractivity contribution in [1.82, 2.24) is 14.7 Å². The minimum absolute atomic E-state index is 0.525. The largest absolute Gasteiger partial charge is 0.376 e. The zero-order valence-corrected chi connectivity index (χ0v) is 11.9. The van der Waals surface area contributed by atoms with Crippen LogP contribution in [-0.4, -0.2) is 74.2 Å². The molecule has 0 aliphatic carbocycles. The molecule has 0 unspecified atom stereocenters. The van der Waals surface area contributed by atoms with Gasteiger partial charge in [-0.05, 0) is 66.3 Å². The molecule has 0 atom stereocenters. The first-order chi connectivity index (χ1) is 7.43. The van der Waals surface area contributed by atoms with Gasteiger partial charge in [-0.25, -0.2) is 0 Å². The highest BCUT2D eigenvalue weighted by molar-refractivity contribution is 7.80. The maximum Gasteiger partial charge on any atom is 0.166 e. The number of hydrogen-bond donors (Lipinski definition) is 1. The van der Waals surface area contributed by atoms with Crippen molar-refractivity contribution in [2.24, 2.45) is 5.73 Å². The van der Waals surface area contributed by atoms with E-state index in [-0.39, 0.29) is 0 Å². The predicted octanol–water partition coefficient (Wildman–Crippen LogP) is 0.435. The van der Waals surface area contributed by atoms with Crippen LogP contribution in [0.2, 0.25) is 0 Å². The fourth-order valence-corrected chi connectivity index (χ4v) is 1.67. The number of nitrogens with two attached hydrogens (primary N) is 1. The zero-order valence-electron chi connectivity index (χ0n) is 11.1. The fraction of sp³-hybridized carbons (Fsp3) is 0.909. The molecule has 0 aliphatic rings. The van der Waals surface area contributed by atoms with Crippen molar-refractivity contribution in [3.05, 3.63) is 0 Å². The molecule has 4 nitrogen and oxygen atoms in total. The average molecular weight is 246 g/mol. The third kappa shape index (κ3) is 8.88. The predicted molar refractivity (Wildman–Crippen MR) is 74.7 cm³/mol. The van der Waals surface area contributed by atoms with Crippen molar-refractivity contribution >= 4 is 17.3 Å². The van der Waals surface area contributed by atoms with E-state index >= 15 is 0 Å². The SMILES string of the molecule is CN(C)CCCN(CCCN(C)C)C(N)=S. The summed E-state index contributed by atoms with van der Waals surface area (Å²) in [7, 11) is 8.32. The maximum atomic E-state index is 5.70. The standard InChI is InChI=1S/C11H26N4S/c1-13(2)7-5-9-15(11(12)16)10-6-8-14(3)4/h5-10H2,1-4H3,(H2,12,16). The molecule has 96 valence electrons. The van der Waals surface area contributed by atoms with E-state index in [9.17, 15) is 0 Å². The number of hydrogen-bond acceptors (Lipinski definition) is 3. The van der Waals surface area contributed by atoms with Crippen molar-refractivity contribution in [3.63, 3.8) is 0 Å². The summed E-state index contributed by atoms with van der Waals surface area (Å²) in [5.74, 6) is 0. The van der Waals surface area contributed by atoms with Crippen LogP contribution >= 0.6 is 12.2 Å². The molecule has 16 heavy (non-hydrogen) atoms. The second-order valence-electron chi connectivity index (χ2n) is 4.64. The zero-order chi connectivity index (χ0) is 12.6. The van der Waals surface area contributed by atoms with E-state index in [0.29, 0.717) is 5.11 Å². The molecule has 5 heteroatoms. The van der Waals surface area contributed by atoms with Crippen LogP contribution in [0.15, 0.2) is 0 Å². The minimum Gasteiger partial charge on any atom is -0.376 e. The maximum absolute atomic E-state index is 5.70. The molecule has 0 spiro atoms. The van der Waals surface area contributed by atoms with Gasteiger partial charge in [-0.2, -0.15) is 0 Å². The van der Waals surface area contributed by atoms with Gasteiger partial charge in [0.05, 0.1) is 0 Å². The summed E-state index contributed by atoms with van der Waals surface area (Å²) >= 11 is 5.05. The summed E-state index contributed by atoms with van der Waals surface area (Å²) in [6.45, 7) is 4.07. The van der Waals surface area contributed by atoms with Gasteiger partial charge in [-0.1, -0.05) is 0 Å². The van der Waals surface area contributed by atoms with E-state index in [1.165, 1.54) is 0 Å². The first-order valence-electron chi connectivity index (χ1n) is 5.77. The second kappa shape index (κ2) is 8.73. The lowest BCUT2D eigenvalue weighted by molar-refractivity contribution is 0.324. The van der Waals surface area contributed by atoms with Crippen LogP contribution in [0.25, 0.3) is 0 Å². The molecule has 0 saturated heterocycles. The third-order valence-corrected chi connectivity index (χ3v) is 2.64. The van der Waals surface area contributed by atoms with Gasteiger partial charge in [0, 0.05) is 13.1 Å². The van der Waals surface area contributed by atoms with E-state index < -0.39 is 0 Å². The molecular formula is C11H26N4S. The Bertz CT molecular complexity index is 180. The molecule has 0 fully saturated rings. The molecule has 0 amide bonds. The van der Waals surface area contributed by atoms with Crippen molar-refractivity contribution < 1.29 is 0 Å². The van der Waals surface area contributed by atoms with Crippen LogP contribution in [-0.2, 0) is 0 Å². The van der Waals surface area contributed by atoms with Crippen LogP contribution < -0.4 is 5.73 Å². The van der Waals surface area contributed by atoms with Gasteiger partial charge in [-0.15, -0.1) is 0 Å². The molecule has 0 aromatic heterocycles. The molecule has 0 aromatic carbocycles. The van der Waals surface area contributed by atoms with Crippen molar-refractivity contribution in [1.29, 1.82) is 0 Å².